The van der Waals surface area contributed by atoms with Crippen LogP contribution in [0.25, 0.3) is 17.3 Å². The molecule has 3 aromatic rings. The average molecular weight is 534 g/mol. The number of benzene rings is 1. The molecule has 200 valence electrons. The zero-order valence-corrected chi connectivity index (χ0v) is 22.2. The highest BCUT2D eigenvalue weighted by atomic mass is 32.2. The lowest BCUT2D eigenvalue weighted by molar-refractivity contribution is 0.0219. The molecule has 12 nitrogen and oxygen atoms in total. The first-order chi connectivity index (χ1) is 17.5. The second-order valence-electron chi connectivity index (χ2n) is 9.51. The molecule has 1 aliphatic rings. The minimum Gasteiger partial charge on any atom is -0.494 e. The largest absolute Gasteiger partial charge is 0.494 e. The number of nitrogens with one attached hydrogen (secondary N) is 1. The van der Waals surface area contributed by atoms with Gasteiger partial charge in [0.15, 0.2) is 5.76 Å². The Morgan fingerprint density at radius 1 is 1.11 bits per heavy atom. The molecule has 1 unspecified atom stereocenters. The van der Waals surface area contributed by atoms with Gasteiger partial charge < -0.3 is 23.5 Å². The van der Waals surface area contributed by atoms with Crippen LogP contribution in [0.1, 0.15) is 33.6 Å². The van der Waals surface area contributed by atoms with Gasteiger partial charge in [0.2, 0.25) is 21.8 Å². The SMILES string of the molecule is COc1cccc(OC)c1-n1c(NS(=O)(=O)C2CCCN(C(=O)OC(C)(C)C)C2)nnc1-c1ccco1. The summed E-state index contributed by atoms with van der Waals surface area (Å²) >= 11 is 0. The third kappa shape index (κ3) is 5.66. The maximum absolute atomic E-state index is 13.5. The number of rotatable bonds is 7. The number of ether oxygens (including phenoxy) is 3. The van der Waals surface area contributed by atoms with E-state index in [1.54, 1.807) is 51.1 Å². The van der Waals surface area contributed by atoms with E-state index < -0.39 is 27.0 Å². The molecule has 1 saturated heterocycles. The fraction of sp³-hybridized carbons (Fsp3) is 0.458. The number of aromatic nitrogens is 3. The maximum atomic E-state index is 13.5. The lowest BCUT2D eigenvalue weighted by Gasteiger charge is -2.33. The van der Waals surface area contributed by atoms with Gasteiger partial charge in [-0.25, -0.2) is 13.2 Å². The molecule has 2 aromatic heterocycles. The lowest BCUT2D eigenvalue weighted by Crippen LogP contribution is -2.48. The summed E-state index contributed by atoms with van der Waals surface area (Å²) in [6, 6.07) is 8.53. The number of likely N-dealkylation sites (tertiary alicyclic amines) is 1. The fourth-order valence-corrected chi connectivity index (χ4v) is 5.48. The van der Waals surface area contributed by atoms with Crippen molar-refractivity contribution in [2.75, 3.05) is 32.0 Å². The van der Waals surface area contributed by atoms with Gasteiger partial charge in [0, 0.05) is 13.1 Å². The van der Waals surface area contributed by atoms with Crippen LogP contribution in [0.3, 0.4) is 0 Å². The van der Waals surface area contributed by atoms with Gasteiger partial charge in [-0.2, -0.15) is 0 Å². The van der Waals surface area contributed by atoms with Crippen LogP contribution in [0.4, 0.5) is 10.7 Å². The molecule has 1 atom stereocenters. The second kappa shape index (κ2) is 10.3. The molecule has 1 amide bonds. The highest BCUT2D eigenvalue weighted by Crippen LogP contribution is 2.38. The third-order valence-electron chi connectivity index (χ3n) is 5.73. The first kappa shape index (κ1) is 26.3. The van der Waals surface area contributed by atoms with Crippen LogP contribution < -0.4 is 14.2 Å². The quantitative estimate of drug-likeness (QED) is 0.482. The topological polar surface area (TPSA) is 138 Å². The molecule has 1 aromatic carbocycles. The van der Waals surface area contributed by atoms with Gasteiger partial charge in [-0.3, -0.25) is 9.29 Å². The van der Waals surface area contributed by atoms with E-state index in [4.69, 9.17) is 18.6 Å². The Labute approximate surface area is 215 Å². The summed E-state index contributed by atoms with van der Waals surface area (Å²) in [7, 11) is -1.02. The third-order valence-corrected chi connectivity index (χ3v) is 7.46. The highest BCUT2D eigenvalue weighted by Gasteiger charge is 2.36. The Balaban J connectivity index is 1.71. The summed E-state index contributed by atoms with van der Waals surface area (Å²) in [5, 5.41) is 7.44. The van der Waals surface area contributed by atoms with Crippen molar-refractivity contribution >= 4 is 22.1 Å². The number of hydrogen-bond acceptors (Lipinski definition) is 9. The van der Waals surface area contributed by atoms with E-state index in [-0.39, 0.29) is 18.3 Å². The van der Waals surface area contributed by atoms with Crippen molar-refractivity contribution in [3.8, 4) is 28.8 Å². The van der Waals surface area contributed by atoms with Crippen molar-refractivity contribution in [1.29, 1.82) is 0 Å². The minimum atomic E-state index is -4.01. The number of nitrogens with zero attached hydrogens (tertiary/aromatic N) is 4. The Morgan fingerprint density at radius 3 is 2.41 bits per heavy atom. The Hall–Kier alpha value is -3.74. The lowest BCUT2D eigenvalue weighted by atomic mass is 10.1. The molecule has 37 heavy (non-hydrogen) atoms. The van der Waals surface area contributed by atoms with Crippen molar-refractivity contribution in [1.82, 2.24) is 19.7 Å². The van der Waals surface area contributed by atoms with Gasteiger partial charge in [0.25, 0.3) is 0 Å². The number of hydrogen-bond donors (Lipinski definition) is 1. The monoisotopic (exact) mass is 533 g/mol. The number of para-hydroxylation sites is 1. The molecule has 1 aliphatic heterocycles. The number of methoxy groups -OCH3 is 2. The van der Waals surface area contributed by atoms with Gasteiger partial charge >= 0.3 is 6.09 Å². The van der Waals surface area contributed by atoms with E-state index in [1.807, 2.05) is 0 Å². The predicted octanol–water partition coefficient (Wildman–Crippen LogP) is 3.69. The predicted molar refractivity (Wildman–Crippen MR) is 136 cm³/mol. The molecule has 0 aliphatic carbocycles. The van der Waals surface area contributed by atoms with Crippen LogP contribution in [0.2, 0.25) is 0 Å². The van der Waals surface area contributed by atoms with Crippen molar-refractivity contribution in [3.05, 3.63) is 36.6 Å². The van der Waals surface area contributed by atoms with Crippen LogP contribution >= 0.6 is 0 Å². The average Bonchev–Trinajstić information content (AvgIpc) is 3.52. The molecular weight excluding hydrogens is 502 g/mol. The second-order valence-corrected chi connectivity index (χ2v) is 11.5. The molecule has 0 radical (unpaired) electrons. The summed E-state index contributed by atoms with van der Waals surface area (Å²) in [6.45, 7) is 5.69. The normalized spacial score (nSPS) is 16.4. The summed E-state index contributed by atoms with van der Waals surface area (Å²) in [5.74, 6) is 1.33. The van der Waals surface area contributed by atoms with Crippen molar-refractivity contribution < 1.29 is 31.8 Å². The van der Waals surface area contributed by atoms with E-state index in [0.717, 1.165) is 0 Å². The van der Waals surface area contributed by atoms with Gasteiger partial charge in [-0.15, -0.1) is 10.2 Å². The van der Waals surface area contributed by atoms with Crippen molar-refractivity contribution in [2.24, 2.45) is 0 Å². The van der Waals surface area contributed by atoms with E-state index in [9.17, 15) is 13.2 Å². The van der Waals surface area contributed by atoms with Gasteiger partial charge in [-0.05, 0) is 57.9 Å². The smallest absolute Gasteiger partial charge is 0.410 e. The Bertz CT molecular complexity index is 1320. The van der Waals surface area contributed by atoms with Gasteiger partial charge in [0.05, 0.1) is 25.7 Å². The molecule has 1 N–H and O–H groups in total. The first-order valence-electron chi connectivity index (χ1n) is 11.7. The molecule has 1 fully saturated rings. The van der Waals surface area contributed by atoms with E-state index in [0.29, 0.717) is 42.3 Å². The first-order valence-corrected chi connectivity index (χ1v) is 13.3. The Morgan fingerprint density at radius 2 is 1.81 bits per heavy atom. The van der Waals surface area contributed by atoms with E-state index in [2.05, 4.69) is 14.9 Å². The summed E-state index contributed by atoms with van der Waals surface area (Å²) in [4.78, 5) is 14.0. The molecule has 4 rings (SSSR count). The van der Waals surface area contributed by atoms with Gasteiger partial charge in [-0.1, -0.05) is 6.07 Å². The summed E-state index contributed by atoms with van der Waals surface area (Å²) in [5.41, 5.74) is -0.297. The minimum absolute atomic E-state index is 0.0125. The number of anilines is 1. The highest BCUT2D eigenvalue weighted by molar-refractivity contribution is 7.93. The molecule has 0 spiro atoms. The van der Waals surface area contributed by atoms with Crippen molar-refractivity contribution in [2.45, 2.75) is 44.5 Å². The van der Waals surface area contributed by atoms with Crippen LogP contribution in [-0.4, -0.2) is 72.3 Å². The van der Waals surface area contributed by atoms with Crippen molar-refractivity contribution in [3.63, 3.8) is 0 Å². The number of carbonyl (C=O) groups is 1. The Kier molecular flexibility index (Phi) is 7.35. The number of carbonyl (C=O) groups excluding carboxylic acids is 1. The maximum Gasteiger partial charge on any atom is 0.410 e. The molecule has 3 heterocycles. The van der Waals surface area contributed by atoms with Crippen LogP contribution in [0.15, 0.2) is 41.0 Å². The van der Waals surface area contributed by atoms with Crippen LogP contribution in [-0.2, 0) is 14.8 Å². The summed E-state index contributed by atoms with van der Waals surface area (Å²) < 4.78 is 53.2. The molecular formula is C24H31N5O7S. The number of furan rings is 1. The van der Waals surface area contributed by atoms with E-state index in [1.165, 1.54) is 29.9 Å². The zero-order valence-electron chi connectivity index (χ0n) is 21.4. The molecule has 0 saturated carbocycles. The number of piperidine rings is 1. The van der Waals surface area contributed by atoms with E-state index >= 15 is 0 Å². The summed E-state index contributed by atoms with van der Waals surface area (Å²) in [6.07, 6.45) is 1.81. The van der Waals surface area contributed by atoms with Gasteiger partial charge in [0.1, 0.15) is 22.8 Å². The van der Waals surface area contributed by atoms with Crippen LogP contribution in [0, 0.1) is 0 Å². The molecule has 13 heteroatoms. The number of amides is 1. The fourth-order valence-electron chi connectivity index (χ4n) is 4.07. The zero-order chi connectivity index (χ0) is 26.8. The molecule has 0 bridgehead atoms. The number of sulfonamides is 1. The van der Waals surface area contributed by atoms with Crippen LogP contribution in [0.5, 0.6) is 11.5 Å². The standard InChI is InChI=1S/C24H31N5O7S/c1-24(2,3)36-23(30)28-13-7-9-16(15-28)37(31,32)27-22-26-25-21(19-12-8-14-35-19)29(22)20-17(33-4)10-6-11-18(20)34-5/h6,8,10-12,14,16H,7,9,13,15H2,1-5H3,(H,26,27).